The topological polar surface area (TPSA) is 35.2 Å². The highest BCUT2D eigenvalue weighted by atomic mass is 16.5. The second kappa shape index (κ2) is 3.60. The summed E-state index contributed by atoms with van der Waals surface area (Å²) < 4.78 is 5.23. The molecule has 1 fully saturated rings. The van der Waals surface area contributed by atoms with E-state index in [1.165, 1.54) is 0 Å². The number of hydrogen-bond acceptors (Lipinski definition) is 2. The van der Waals surface area contributed by atoms with Crippen LogP contribution in [0.1, 0.15) is 12.8 Å². The lowest BCUT2D eigenvalue weighted by atomic mass is 9.95. The summed E-state index contributed by atoms with van der Waals surface area (Å²) in [5, 5.41) is 0. The minimum atomic E-state index is -0.111. The molecule has 1 heterocycles. The summed E-state index contributed by atoms with van der Waals surface area (Å²) in [4.78, 5) is 0. The van der Waals surface area contributed by atoms with E-state index in [9.17, 15) is 0 Å². The molecule has 1 rings (SSSR count). The normalized spacial score (nSPS) is 29.0. The first kappa shape index (κ1) is 7.59. The van der Waals surface area contributed by atoms with Crippen LogP contribution in [0.3, 0.4) is 0 Å². The highest BCUT2D eigenvalue weighted by Gasteiger charge is 2.18. The summed E-state index contributed by atoms with van der Waals surface area (Å²) in [7, 11) is 0. The fourth-order valence-corrected chi connectivity index (χ4v) is 1.18. The van der Waals surface area contributed by atoms with Crippen molar-refractivity contribution in [2.24, 2.45) is 11.7 Å². The van der Waals surface area contributed by atoms with Crippen LogP contribution in [0.4, 0.5) is 0 Å². The van der Waals surface area contributed by atoms with E-state index < -0.39 is 0 Å². The molecule has 56 valence electrons. The summed E-state index contributed by atoms with van der Waals surface area (Å²) in [6.07, 6.45) is 7.39. The second-order valence-electron chi connectivity index (χ2n) is 2.67. The Labute approximate surface area is 61.7 Å². The Morgan fingerprint density at radius 2 is 2.50 bits per heavy atom. The molecule has 0 spiro atoms. The first-order chi connectivity index (χ1) is 4.84. The lowest BCUT2D eigenvalue weighted by Gasteiger charge is -2.24. The highest BCUT2D eigenvalue weighted by molar-refractivity contribution is 5.00. The van der Waals surface area contributed by atoms with Crippen LogP contribution in [-0.4, -0.2) is 19.3 Å². The predicted octanol–water partition coefficient (Wildman–Crippen LogP) is 0.373. The third-order valence-corrected chi connectivity index (χ3v) is 1.90. The smallest absolute Gasteiger partial charge is 0.0712 e. The average Bonchev–Trinajstić information content (AvgIpc) is 2.05. The van der Waals surface area contributed by atoms with Gasteiger partial charge < -0.3 is 10.5 Å². The molecular formula is C8H13NO. The summed E-state index contributed by atoms with van der Waals surface area (Å²) >= 11 is 0. The molecule has 2 atom stereocenters. The van der Waals surface area contributed by atoms with Crippen LogP contribution in [0.25, 0.3) is 0 Å². The van der Waals surface area contributed by atoms with Gasteiger partial charge in [0.25, 0.3) is 0 Å². The molecular weight excluding hydrogens is 126 g/mol. The van der Waals surface area contributed by atoms with Crippen molar-refractivity contribution in [2.75, 3.05) is 13.2 Å². The van der Waals surface area contributed by atoms with Crippen LogP contribution in [-0.2, 0) is 4.74 Å². The Hall–Kier alpha value is -0.520. The van der Waals surface area contributed by atoms with E-state index in [4.69, 9.17) is 16.9 Å². The Morgan fingerprint density at radius 1 is 1.70 bits per heavy atom. The maximum atomic E-state index is 5.63. The quantitative estimate of drug-likeness (QED) is 0.533. The molecule has 2 N–H and O–H groups in total. The van der Waals surface area contributed by atoms with Crippen molar-refractivity contribution in [3.63, 3.8) is 0 Å². The van der Waals surface area contributed by atoms with Gasteiger partial charge in [0.05, 0.1) is 12.6 Å². The lowest BCUT2D eigenvalue weighted by molar-refractivity contribution is 0.0514. The Balaban J connectivity index is 2.33. The van der Waals surface area contributed by atoms with E-state index in [1.54, 1.807) is 0 Å². The molecule has 0 amide bonds. The van der Waals surface area contributed by atoms with Crippen LogP contribution in [0.2, 0.25) is 0 Å². The van der Waals surface area contributed by atoms with Gasteiger partial charge in [-0.3, -0.25) is 0 Å². The van der Waals surface area contributed by atoms with E-state index >= 15 is 0 Å². The minimum absolute atomic E-state index is 0.111. The van der Waals surface area contributed by atoms with Gasteiger partial charge in [0.1, 0.15) is 0 Å². The largest absolute Gasteiger partial charge is 0.381 e. The molecule has 1 aliphatic rings. The first-order valence-electron chi connectivity index (χ1n) is 3.64. The van der Waals surface area contributed by atoms with Crippen molar-refractivity contribution in [1.29, 1.82) is 0 Å². The van der Waals surface area contributed by atoms with Crippen molar-refractivity contribution in [1.82, 2.24) is 0 Å². The zero-order chi connectivity index (χ0) is 7.40. The van der Waals surface area contributed by atoms with E-state index in [0.717, 1.165) is 26.1 Å². The predicted molar refractivity (Wildman–Crippen MR) is 40.4 cm³/mol. The second-order valence-corrected chi connectivity index (χ2v) is 2.67. The monoisotopic (exact) mass is 139 g/mol. The molecule has 2 unspecified atom stereocenters. The standard InChI is InChI=1S/C8H13NO/c1-2-8(9)7-4-3-5-10-6-7/h1,7-8H,3-6,9H2. The summed E-state index contributed by atoms with van der Waals surface area (Å²) in [6, 6.07) is -0.111. The first-order valence-corrected chi connectivity index (χ1v) is 3.64. The summed E-state index contributed by atoms with van der Waals surface area (Å²) in [6.45, 7) is 1.61. The van der Waals surface area contributed by atoms with Gasteiger partial charge in [-0.2, -0.15) is 0 Å². The van der Waals surface area contributed by atoms with Crippen LogP contribution in [0, 0.1) is 18.3 Å². The zero-order valence-electron chi connectivity index (χ0n) is 6.05. The lowest BCUT2D eigenvalue weighted by Crippen LogP contribution is -2.34. The van der Waals surface area contributed by atoms with E-state index in [2.05, 4.69) is 5.92 Å². The third kappa shape index (κ3) is 1.73. The molecule has 0 bridgehead atoms. The SMILES string of the molecule is C#CC(N)C1CCCOC1. The zero-order valence-corrected chi connectivity index (χ0v) is 6.05. The fraction of sp³-hybridized carbons (Fsp3) is 0.750. The molecule has 0 aliphatic carbocycles. The molecule has 0 saturated carbocycles. The van der Waals surface area contributed by atoms with Gasteiger partial charge in [0.2, 0.25) is 0 Å². The number of hydrogen-bond donors (Lipinski definition) is 1. The Bertz CT molecular complexity index is 133. The van der Waals surface area contributed by atoms with Crippen molar-refractivity contribution in [3.8, 4) is 12.3 Å². The fourth-order valence-electron chi connectivity index (χ4n) is 1.18. The third-order valence-electron chi connectivity index (χ3n) is 1.90. The van der Waals surface area contributed by atoms with E-state index in [0.29, 0.717) is 5.92 Å². The number of ether oxygens (including phenoxy) is 1. The van der Waals surface area contributed by atoms with Gasteiger partial charge in [0, 0.05) is 12.5 Å². The van der Waals surface area contributed by atoms with Crippen molar-refractivity contribution < 1.29 is 4.74 Å². The van der Waals surface area contributed by atoms with Crippen LogP contribution in [0.15, 0.2) is 0 Å². The molecule has 0 radical (unpaired) electrons. The molecule has 1 saturated heterocycles. The Kier molecular flexibility index (Phi) is 2.73. The molecule has 0 aromatic rings. The van der Waals surface area contributed by atoms with Crippen LogP contribution < -0.4 is 5.73 Å². The van der Waals surface area contributed by atoms with Crippen molar-refractivity contribution >= 4 is 0 Å². The summed E-state index contributed by atoms with van der Waals surface area (Å²) in [5.41, 5.74) is 5.63. The molecule has 2 heteroatoms. The minimum Gasteiger partial charge on any atom is -0.381 e. The van der Waals surface area contributed by atoms with Crippen LogP contribution >= 0.6 is 0 Å². The van der Waals surface area contributed by atoms with Gasteiger partial charge in [-0.25, -0.2) is 0 Å². The van der Waals surface area contributed by atoms with Gasteiger partial charge in [-0.1, -0.05) is 5.92 Å². The van der Waals surface area contributed by atoms with Crippen molar-refractivity contribution in [2.45, 2.75) is 18.9 Å². The van der Waals surface area contributed by atoms with E-state index in [1.807, 2.05) is 0 Å². The molecule has 1 aliphatic heterocycles. The maximum Gasteiger partial charge on any atom is 0.0712 e. The van der Waals surface area contributed by atoms with Gasteiger partial charge in [0.15, 0.2) is 0 Å². The summed E-state index contributed by atoms with van der Waals surface area (Å²) in [5.74, 6) is 2.92. The molecule has 10 heavy (non-hydrogen) atoms. The average molecular weight is 139 g/mol. The number of terminal acetylenes is 1. The number of rotatable bonds is 1. The highest BCUT2D eigenvalue weighted by Crippen LogP contribution is 2.15. The maximum absolute atomic E-state index is 5.63. The number of nitrogens with two attached hydrogens (primary N) is 1. The van der Waals surface area contributed by atoms with E-state index in [-0.39, 0.29) is 6.04 Å². The Morgan fingerprint density at radius 3 is 3.00 bits per heavy atom. The molecule has 0 aromatic carbocycles. The van der Waals surface area contributed by atoms with Gasteiger partial charge in [-0.05, 0) is 12.8 Å². The van der Waals surface area contributed by atoms with Gasteiger partial charge >= 0.3 is 0 Å². The molecule has 0 aromatic heterocycles. The van der Waals surface area contributed by atoms with Crippen LogP contribution in [0.5, 0.6) is 0 Å². The molecule has 2 nitrogen and oxygen atoms in total. The van der Waals surface area contributed by atoms with Gasteiger partial charge in [-0.15, -0.1) is 6.42 Å². The van der Waals surface area contributed by atoms with Crippen molar-refractivity contribution in [3.05, 3.63) is 0 Å².